The summed E-state index contributed by atoms with van der Waals surface area (Å²) in [6.07, 6.45) is 2.69. The Kier molecular flexibility index (Phi) is 5.91. The van der Waals surface area contributed by atoms with Gasteiger partial charge in [0.2, 0.25) is 5.95 Å². The number of aromatic nitrogens is 2. The molecule has 0 aliphatic carbocycles. The van der Waals surface area contributed by atoms with E-state index in [2.05, 4.69) is 31.2 Å². The smallest absolute Gasteiger partial charge is 0.222 e. The van der Waals surface area contributed by atoms with Crippen LogP contribution in [-0.4, -0.2) is 34.3 Å². The summed E-state index contributed by atoms with van der Waals surface area (Å²) in [4.78, 5) is 8.11. The van der Waals surface area contributed by atoms with E-state index in [0.717, 1.165) is 10.0 Å². The lowest BCUT2D eigenvalue weighted by atomic mass is 10.2. The molecule has 0 unspecified atom stereocenters. The maximum absolute atomic E-state index is 9.79. The number of benzene rings is 1. The Bertz CT molecular complexity index is 508. The first-order chi connectivity index (χ1) is 9.74. The molecule has 0 amide bonds. The number of hydrogen-bond donors (Lipinski definition) is 2. The van der Waals surface area contributed by atoms with Gasteiger partial charge in [0.15, 0.2) is 0 Å². The average Bonchev–Trinajstić information content (AvgIpc) is 2.48. The molecule has 6 heteroatoms. The highest BCUT2D eigenvalue weighted by atomic mass is 79.9. The zero-order valence-corrected chi connectivity index (χ0v) is 12.5. The van der Waals surface area contributed by atoms with Crippen LogP contribution in [0.5, 0.6) is 0 Å². The number of aliphatic hydroxyl groups is 1. The SMILES string of the molecule is O[C@@H](CNc1ncc(Br)cn1)COCc1ccccc1. The molecule has 106 valence electrons. The van der Waals surface area contributed by atoms with E-state index in [-0.39, 0.29) is 6.61 Å². The summed E-state index contributed by atoms with van der Waals surface area (Å²) in [5, 5.41) is 12.7. The first-order valence-electron chi connectivity index (χ1n) is 6.25. The molecular formula is C14H16BrN3O2. The van der Waals surface area contributed by atoms with Crippen LogP contribution in [0.1, 0.15) is 5.56 Å². The van der Waals surface area contributed by atoms with Crippen LogP contribution in [0, 0.1) is 0 Å². The Balaban J connectivity index is 1.65. The van der Waals surface area contributed by atoms with Gasteiger partial charge in [-0.1, -0.05) is 30.3 Å². The number of halogens is 1. The molecule has 1 atom stereocenters. The van der Waals surface area contributed by atoms with Crippen LogP contribution in [0.2, 0.25) is 0 Å². The van der Waals surface area contributed by atoms with Crippen molar-refractivity contribution in [1.82, 2.24) is 9.97 Å². The van der Waals surface area contributed by atoms with Crippen LogP contribution in [0.4, 0.5) is 5.95 Å². The Hall–Kier alpha value is -1.50. The molecule has 5 nitrogen and oxygen atoms in total. The summed E-state index contributed by atoms with van der Waals surface area (Å²) in [6, 6.07) is 9.85. The van der Waals surface area contributed by atoms with Gasteiger partial charge < -0.3 is 15.2 Å². The van der Waals surface area contributed by atoms with Crippen LogP contribution in [0.25, 0.3) is 0 Å². The number of nitrogens with one attached hydrogen (secondary N) is 1. The van der Waals surface area contributed by atoms with E-state index in [1.807, 2.05) is 30.3 Å². The molecule has 1 heterocycles. The summed E-state index contributed by atoms with van der Waals surface area (Å²) in [6.45, 7) is 1.10. The van der Waals surface area contributed by atoms with Crippen molar-refractivity contribution in [3.63, 3.8) is 0 Å². The molecule has 1 aromatic carbocycles. The van der Waals surface area contributed by atoms with Crippen LogP contribution >= 0.6 is 15.9 Å². The van der Waals surface area contributed by atoms with Gasteiger partial charge in [-0.3, -0.25) is 0 Å². The minimum Gasteiger partial charge on any atom is -0.389 e. The summed E-state index contributed by atoms with van der Waals surface area (Å²) in [5.74, 6) is 0.482. The molecule has 0 spiro atoms. The van der Waals surface area contributed by atoms with Gasteiger partial charge in [0.1, 0.15) is 0 Å². The van der Waals surface area contributed by atoms with E-state index < -0.39 is 6.10 Å². The topological polar surface area (TPSA) is 67.3 Å². The molecule has 0 aliphatic rings. The summed E-state index contributed by atoms with van der Waals surface area (Å²) in [7, 11) is 0. The third kappa shape index (κ3) is 5.24. The van der Waals surface area contributed by atoms with Crippen molar-refractivity contribution in [2.75, 3.05) is 18.5 Å². The second-order valence-corrected chi connectivity index (χ2v) is 5.18. The summed E-state index contributed by atoms with van der Waals surface area (Å²) in [5.41, 5.74) is 1.09. The first kappa shape index (κ1) is 14.9. The van der Waals surface area contributed by atoms with Crippen molar-refractivity contribution in [1.29, 1.82) is 0 Å². The molecule has 2 N–H and O–H groups in total. The molecule has 0 saturated carbocycles. The minimum absolute atomic E-state index is 0.262. The van der Waals surface area contributed by atoms with E-state index in [1.165, 1.54) is 0 Å². The van der Waals surface area contributed by atoms with Crippen LogP contribution in [0.3, 0.4) is 0 Å². The average molecular weight is 338 g/mol. The van der Waals surface area contributed by atoms with E-state index in [4.69, 9.17) is 4.74 Å². The summed E-state index contributed by atoms with van der Waals surface area (Å²) < 4.78 is 6.27. The molecule has 1 aromatic heterocycles. The lowest BCUT2D eigenvalue weighted by molar-refractivity contribution is 0.0347. The highest BCUT2D eigenvalue weighted by Crippen LogP contribution is 2.07. The Labute approximate surface area is 126 Å². The van der Waals surface area contributed by atoms with Gasteiger partial charge in [0, 0.05) is 18.9 Å². The van der Waals surface area contributed by atoms with Gasteiger partial charge in [-0.2, -0.15) is 0 Å². The van der Waals surface area contributed by atoms with Crippen molar-refractivity contribution in [3.05, 3.63) is 52.8 Å². The van der Waals surface area contributed by atoms with Gasteiger partial charge in [-0.05, 0) is 21.5 Å². The first-order valence-corrected chi connectivity index (χ1v) is 7.04. The Morgan fingerprint density at radius 3 is 2.60 bits per heavy atom. The van der Waals surface area contributed by atoms with E-state index in [9.17, 15) is 5.11 Å². The molecule has 2 aromatic rings. The third-order valence-electron chi connectivity index (χ3n) is 2.54. The molecule has 2 rings (SSSR count). The van der Waals surface area contributed by atoms with E-state index in [1.54, 1.807) is 12.4 Å². The lowest BCUT2D eigenvalue weighted by Crippen LogP contribution is -2.25. The fourth-order valence-electron chi connectivity index (χ4n) is 1.56. The van der Waals surface area contributed by atoms with Crippen LogP contribution in [0.15, 0.2) is 47.2 Å². The highest BCUT2D eigenvalue weighted by Gasteiger charge is 2.05. The largest absolute Gasteiger partial charge is 0.389 e. The van der Waals surface area contributed by atoms with Gasteiger partial charge in [0.25, 0.3) is 0 Å². The molecule has 0 saturated heterocycles. The molecule has 0 bridgehead atoms. The van der Waals surface area contributed by atoms with Crippen LogP contribution < -0.4 is 5.32 Å². The molecule has 20 heavy (non-hydrogen) atoms. The van der Waals surface area contributed by atoms with Crippen molar-refractivity contribution in [2.24, 2.45) is 0 Å². The second-order valence-electron chi connectivity index (χ2n) is 4.26. The molecule has 0 fully saturated rings. The van der Waals surface area contributed by atoms with Crippen molar-refractivity contribution in [3.8, 4) is 0 Å². The van der Waals surface area contributed by atoms with E-state index in [0.29, 0.717) is 19.1 Å². The summed E-state index contributed by atoms with van der Waals surface area (Å²) >= 11 is 3.26. The predicted octanol–water partition coefficient (Wildman–Crippen LogP) is 2.23. The zero-order chi connectivity index (χ0) is 14.2. The quantitative estimate of drug-likeness (QED) is 0.810. The number of rotatable bonds is 7. The van der Waals surface area contributed by atoms with Crippen molar-refractivity contribution < 1.29 is 9.84 Å². The van der Waals surface area contributed by atoms with Gasteiger partial charge in [-0.15, -0.1) is 0 Å². The lowest BCUT2D eigenvalue weighted by Gasteiger charge is -2.12. The van der Waals surface area contributed by atoms with Gasteiger partial charge in [-0.25, -0.2) is 9.97 Å². The fourth-order valence-corrected chi connectivity index (χ4v) is 1.76. The number of ether oxygens (including phenoxy) is 1. The Morgan fingerprint density at radius 2 is 1.90 bits per heavy atom. The number of anilines is 1. The number of aliphatic hydroxyl groups excluding tert-OH is 1. The molecule has 0 aliphatic heterocycles. The zero-order valence-electron chi connectivity index (χ0n) is 10.9. The van der Waals surface area contributed by atoms with Gasteiger partial charge >= 0.3 is 0 Å². The molecular weight excluding hydrogens is 322 g/mol. The third-order valence-corrected chi connectivity index (χ3v) is 2.95. The highest BCUT2D eigenvalue weighted by molar-refractivity contribution is 9.10. The normalized spacial score (nSPS) is 12.1. The second kappa shape index (κ2) is 7.94. The molecule has 0 radical (unpaired) electrons. The van der Waals surface area contributed by atoms with Crippen molar-refractivity contribution >= 4 is 21.9 Å². The fraction of sp³-hybridized carbons (Fsp3) is 0.286. The van der Waals surface area contributed by atoms with Gasteiger partial charge in [0.05, 0.1) is 23.8 Å². The predicted molar refractivity (Wildman–Crippen MR) is 80.3 cm³/mol. The maximum atomic E-state index is 9.79. The Morgan fingerprint density at radius 1 is 1.20 bits per heavy atom. The number of nitrogens with zero attached hydrogens (tertiary/aromatic N) is 2. The maximum Gasteiger partial charge on any atom is 0.222 e. The van der Waals surface area contributed by atoms with Crippen LogP contribution in [-0.2, 0) is 11.3 Å². The van der Waals surface area contributed by atoms with Crippen molar-refractivity contribution in [2.45, 2.75) is 12.7 Å². The minimum atomic E-state index is -0.606. The van der Waals surface area contributed by atoms with E-state index >= 15 is 0 Å². The standard InChI is InChI=1S/C14H16BrN3O2/c15-12-6-16-14(17-7-12)18-8-13(19)10-20-9-11-4-2-1-3-5-11/h1-7,13,19H,8-10H2,(H,16,17,18)/t13-/m0/s1. The number of hydrogen-bond acceptors (Lipinski definition) is 5. The monoisotopic (exact) mass is 337 g/mol.